The summed E-state index contributed by atoms with van der Waals surface area (Å²) in [4.78, 5) is 6.85. The van der Waals surface area contributed by atoms with E-state index in [1.54, 1.807) is 0 Å². The van der Waals surface area contributed by atoms with Gasteiger partial charge in [-0.25, -0.2) is 0 Å². The average Bonchev–Trinajstić information content (AvgIpc) is 2.73. The Bertz CT molecular complexity index is 596. The highest BCUT2D eigenvalue weighted by atomic mass is 16.5. The van der Waals surface area contributed by atoms with Crippen LogP contribution in [0.3, 0.4) is 0 Å². The topological polar surface area (TPSA) is 51.4 Å². The number of hydrogen-bond donors (Lipinski definition) is 1. The Hall–Kier alpha value is -1.49. The van der Waals surface area contributed by atoms with Crippen LogP contribution >= 0.6 is 0 Å². The fraction of sp³-hybridized carbons (Fsp3) is 0.471. The van der Waals surface area contributed by atoms with Crippen molar-refractivity contribution in [1.82, 2.24) is 9.88 Å². The number of rotatable bonds is 3. The van der Waals surface area contributed by atoms with E-state index >= 15 is 0 Å². The highest BCUT2D eigenvalue weighted by molar-refractivity contribution is 5.85. The van der Waals surface area contributed by atoms with Crippen LogP contribution in [-0.2, 0) is 4.74 Å². The van der Waals surface area contributed by atoms with Crippen molar-refractivity contribution in [1.29, 1.82) is 0 Å². The lowest BCUT2D eigenvalue weighted by molar-refractivity contribution is 0.0612. The second-order valence-electron chi connectivity index (χ2n) is 5.73. The maximum atomic E-state index is 6.11. The van der Waals surface area contributed by atoms with Crippen molar-refractivity contribution in [2.45, 2.75) is 25.5 Å². The summed E-state index contributed by atoms with van der Waals surface area (Å²) in [5.74, 6) is 0. The van der Waals surface area contributed by atoms with E-state index in [2.05, 4.69) is 35.0 Å². The van der Waals surface area contributed by atoms with Crippen LogP contribution in [0.15, 0.2) is 36.7 Å². The monoisotopic (exact) mass is 285 g/mol. The Morgan fingerprint density at radius 1 is 1.38 bits per heavy atom. The highest BCUT2D eigenvalue weighted by Crippen LogP contribution is 2.28. The van der Waals surface area contributed by atoms with E-state index in [4.69, 9.17) is 10.5 Å². The van der Waals surface area contributed by atoms with Gasteiger partial charge in [-0.1, -0.05) is 24.3 Å². The summed E-state index contributed by atoms with van der Waals surface area (Å²) in [6.45, 7) is 5.51. The molecule has 1 fully saturated rings. The summed E-state index contributed by atoms with van der Waals surface area (Å²) in [5.41, 5.74) is 7.34. The molecule has 0 radical (unpaired) electrons. The molecule has 1 saturated heterocycles. The predicted molar refractivity (Wildman–Crippen MR) is 85.1 cm³/mol. The number of nitrogens with zero attached hydrogens (tertiary/aromatic N) is 2. The van der Waals surface area contributed by atoms with Gasteiger partial charge in [-0.3, -0.25) is 9.88 Å². The maximum absolute atomic E-state index is 6.11. The summed E-state index contributed by atoms with van der Waals surface area (Å²) in [7, 11) is 0. The molecule has 21 heavy (non-hydrogen) atoms. The first-order valence-electron chi connectivity index (χ1n) is 7.68. The first kappa shape index (κ1) is 14.4. The minimum Gasteiger partial charge on any atom is -0.377 e. The lowest BCUT2D eigenvalue weighted by Crippen LogP contribution is -2.37. The minimum atomic E-state index is 0.202. The molecule has 0 aliphatic carbocycles. The van der Waals surface area contributed by atoms with Gasteiger partial charge >= 0.3 is 0 Å². The van der Waals surface area contributed by atoms with Gasteiger partial charge in [0.15, 0.2) is 0 Å². The molecule has 2 heterocycles. The molecule has 2 aromatic rings. The van der Waals surface area contributed by atoms with Crippen molar-refractivity contribution in [2.24, 2.45) is 5.73 Å². The third-order valence-corrected chi connectivity index (χ3v) is 4.21. The van der Waals surface area contributed by atoms with Crippen LogP contribution in [0, 0.1) is 0 Å². The fourth-order valence-corrected chi connectivity index (χ4v) is 3.19. The number of benzene rings is 1. The molecule has 0 saturated carbocycles. The first-order chi connectivity index (χ1) is 10.3. The summed E-state index contributed by atoms with van der Waals surface area (Å²) in [6, 6.07) is 8.59. The predicted octanol–water partition coefficient (Wildman–Crippen LogP) is 2.35. The van der Waals surface area contributed by atoms with Gasteiger partial charge in [0, 0.05) is 50.1 Å². The molecule has 0 bridgehead atoms. The molecular weight excluding hydrogens is 262 g/mol. The van der Waals surface area contributed by atoms with Crippen LogP contribution in [0.5, 0.6) is 0 Å². The molecule has 1 aromatic carbocycles. The van der Waals surface area contributed by atoms with Gasteiger partial charge in [-0.05, 0) is 24.3 Å². The molecule has 1 aromatic heterocycles. The van der Waals surface area contributed by atoms with Crippen LogP contribution in [0.1, 0.15) is 24.9 Å². The lowest BCUT2D eigenvalue weighted by Gasteiger charge is -2.31. The third-order valence-electron chi connectivity index (χ3n) is 4.21. The molecule has 4 nitrogen and oxygen atoms in total. The number of fused-ring (bicyclic) bond motifs is 1. The Morgan fingerprint density at radius 2 is 2.24 bits per heavy atom. The molecule has 2 atom stereocenters. The zero-order valence-corrected chi connectivity index (χ0v) is 12.5. The molecule has 0 amide bonds. The standard InChI is InChI=1S/C17H23N3O/c1-13-12-20(7-4-8-21-13)17(9-18)16-11-19-10-14-5-2-3-6-15(14)16/h2-3,5-6,10-11,13,17H,4,7-9,12,18H2,1H3. The first-order valence-corrected chi connectivity index (χ1v) is 7.68. The maximum Gasteiger partial charge on any atom is 0.0674 e. The van der Waals surface area contributed by atoms with Crippen LogP contribution in [-0.4, -0.2) is 42.2 Å². The Balaban J connectivity index is 1.97. The van der Waals surface area contributed by atoms with Crippen LogP contribution in [0.4, 0.5) is 0 Å². The number of ether oxygens (including phenoxy) is 1. The SMILES string of the molecule is CC1CN(C(CN)c2cncc3ccccc23)CCCO1. The smallest absolute Gasteiger partial charge is 0.0674 e. The second-order valence-corrected chi connectivity index (χ2v) is 5.73. The van der Waals surface area contributed by atoms with E-state index in [-0.39, 0.29) is 12.1 Å². The van der Waals surface area contributed by atoms with E-state index in [1.807, 2.05) is 18.5 Å². The van der Waals surface area contributed by atoms with Crippen LogP contribution < -0.4 is 5.73 Å². The molecule has 0 spiro atoms. The van der Waals surface area contributed by atoms with Crippen molar-refractivity contribution < 1.29 is 4.74 Å². The largest absolute Gasteiger partial charge is 0.377 e. The summed E-state index contributed by atoms with van der Waals surface area (Å²) in [6.07, 6.45) is 5.19. The second kappa shape index (κ2) is 6.52. The zero-order chi connectivity index (χ0) is 14.7. The molecule has 1 aliphatic heterocycles. The van der Waals surface area contributed by atoms with Gasteiger partial charge in [0.25, 0.3) is 0 Å². The van der Waals surface area contributed by atoms with Crippen LogP contribution in [0.25, 0.3) is 10.8 Å². The number of aromatic nitrogens is 1. The van der Waals surface area contributed by atoms with Gasteiger partial charge in [0.05, 0.1) is 6.10 Å². The van der Waals surface area contributed by atoms with Gasteiger partial charge < -0.3 is 10.5 Å². The van der Waals surface area contributed by atoms with Crippen molar-refractivity contribution in [2.75, 3.05) is 26.2 Å². The van der Waals surface area contributed by atoms with E-state index in [0.29, 0.717) is 6.54 Å². The molecule has 3 rings (SSSR count). The average molecular weight is 285 g/mol. The summed E-state index contributed by atoms with van der Waals surface area (Å²) >= 11 is 0. The molecule has 1 aliphatic rings. The number of hydrogen-bond acceptors (Lipinski definition) is 4. The van der Waals surface area contributed by atoms with Crippen molar-refractivity contribution >= 4 is 10.8 Å². The third kappa shape index (κ3) is 3.07. The van der Waals surface area contributed by atoms with E-state index in [9.17, 15) is 0 Å². The summed E-state index contributed by atoms with van der Waals surface area (Å²) in [5, 5.41) is 2.42. The van der Waals surface area contributed by atoms with Crippen LogP contribution in [0.2, 0.25) is 0 Å². The normalized spacial score (nSPS) is 22.1. The molecule has 4 heteroatoms. The number of nitrogens with two attached hydrogens (primary N) is 1. The van der Waals surface area contributed by atoms with E-state index in [0.717, 1.165) is 26.1 Å². The van der Waals surface area contributed by atoms with Gasteiger partial charge in [0.1, 0.15) is 0 Å². The Labute approximate surface area is 125 Å². The molecule has 112 valence electrons. The van der Waals surface area contributed by atoms with Crippen molar-refractivity contribution in [3.63, 3.8) is 0 Å². The Kier molecular flexibility index (Phi) is 4.48. The van der Waals surface area contributed by atoms with E-state index < -0.39 is 0 Å². The molecule has 2 unspecified atom stereocenters. The van der Waals surface area contributed by atoms with Gasteiger partial charge in [0.2, 0.25) is 0 Å². The molecular formula is C17H23N3O. The van der Waals surface area contributed by atoms with E-state index in [1.165, 1.54) is 16.3 Å². The minimum absolute atomic E-state index is 0.202. The quantitative estimate of drug-likeness (QED) is 0.940. The van der Waals surface area contributed by atoms with Crippen molar-refractivity contribution in [3.8, 4) is 0 Å². The lowest BCUT2D eigenvalue weighted by atomic mass is 10.00. The number of pyridine rings is 1. The highest BCUT2D eigenvalue weighted by Gasteiger charge is 2.24. The van der Waals surface area contributed by atoms with Gasteiger partial charge in [-0.2, -0.15) is 0 Å². The van der Waals surface area contributed by atoms with Crippen molar-refractivity contribution in [3.05, 3.63) is 42.2 Å². The molecule has 2 N–H and O–H groups in total. The summed E-state index contributed by atoms with van der Waals surface area (Å²) < 4.78 is 5.75. The van der Waals surface area contributed by atoms with Gasteiger partial charge in [-0.15, -0.1) is 0 Å². The zero-order valence-electron chi connectivity index (χ0n) is 12.5. The Morgan fingerprint density at radius 3 is 3.10 bits per heavy atom. The fourth-order valence-electron chi connectivity index (χ4n) is 3.19.